The monoisotopic (exact) mass is 558 g/mol. The number of aryl methyl sites for hydroxylation is 1. The summed E-state index contributed by atoms with van der Waals surface area (Å²) in [4.78, 5) is 4.26. The van der Waals surface area contributed by atoms with E-state index in [9.17, 15) is 0 Å². The van der Waals surface area contributed by atoms with Crippen LogP contribution in [0.1, 0.15) is 64.4 Å². The number of anilines is 1. The minimum absolute atomic E-state index is 0.334. The summed E-state index contributed by atoms with van der Waals surface area (Å²) in [5.41, 5.74) is 5.56. The topological polar surface area (TPSA) is 51.4 Å². The Morgan fingerprint density at radius 3 is 2.53 bits per heavy atom. The van der Waals surface area contributed by atoms with Crippen molar-refractivity contribution in [2.45, 2.75) is 71.5 Å². The van der Waals surface area contributed by atoms with Gasteiger partial charge in [0.2, 0.25) is 5.88 Å². The predicted molar refractivity (Wildman–Crippen MR) is 161 cm³/mol. The van der Waals surface area contributed by atoms with E-state index in [2.05, 4.69) is 78.9 Å². The first-order chi connectivity index (χ1) is 17.9. The number of hydrogen-bond donors (Lipinski definition) is 0. The van der Waals surface area contributed by atoms with Crippen molar-refractivity contribution in [1.29, 1.82) is 0 Å². The first-order valence-corrected chi connectivity index (χ1v) is 14.4. The molecule has 0 fully saturated rings. The zero-order valence-corrected chi connectivity index (χ0v) is 25.9. The molecule has 10 heteroatoms. The number of aromatic nitrogens is 4. The number of hydrogen-bond acceptors (Lipinski definition) is 5. The lowest BCUT2D eigenvalue weighted by atomic mass is 10.1. The van der Waals surface area contributed by atoms with Gasteiger partial charge in [-0.3, -0.25) is 0 Å². The van der Waals surface area contributed by atoms with Crippen LogP contribution in [-0.4, -0.2) is 51.2 Å². The van der Waals surface area contributed by atoms with Crippen LogP contribution >= 0.6 is 18.5 Å². The van der Waals surface area contributed by atoms with E-state index in [1.54, 1.807) is 19.2 Å². The third-order valence-corrected chi connectivity index (χ3v) is 7.83. The van der Waals surface area contributed by atoms with Gasteiger partial charge in [-0.15, -0.1) is 18.5 Å². The average molecular weight is 559 g/mol. The van der Waals surface area contributed by atoms with Crippen molar-refractivity contribution >= 4 is 30.0 Å². The number of rotatable bonds is 9. The van der Waals surface area contributed by atoms with Gasteiger partial charge in [-0.1, -0.05) is 13.0 Å². The molecule has 0 amide bonds. The summed E-state index contributed by atoms with van der Waals surface area (Å²) in [5.74, 6) is 1.24. The summed E-state index contributed by atoms with van der Waals surface area (Å²) >= 11 is 0. The second kappa shape index (κ2) is 11.4. The highest BCUT2D eigenvalue weighted by atomic mass is 31.1. The van der Waals surface area contributed by atoms with E-state index in [-0.39, 0.29) is 10.7 Å². The Labute approximate surface area is 230 Å². The number of allylic oxidation sites excluding steroid dienone is 1. The lowest BCUT2D eigenvalue weighted by Crippen LogP contribution is -2.31. The molecule has 0 aliphatic carbocycles. The van der Waals surface area contributed by atoms with Gasteiger partial charge >= 0.3 is 0 Å². The van der Waals surface area contributed by atoms with Crippen LogP contribution in [0, 0.1) is 5.82 Å². The number of halogens is 1. The summed E-state index contributed by atoms with van der Waals surface area (Å²) in [7, 11) is 9.17. The van der Waals surface area contributed by atoms with Crippen molar-refractivity contribution in [3.63, 3.8) is 0 Å². The van der Waals surface area contributed by atoms with E-state index in [1.165, 1.54) is 16.0 Å². The van der Waals surface area contributed by atoms with Crippen molar-refractivity contribution in [2.75, 3.05) is 25.6 Å². The normalized spacial score (nSPS) is 14.6. The van der Waals surface area contributed by atoms with Gasteiger partial charge in [0.25, 0.3) is 0 Å². The highest BCUT2D eigenvalue weighted by Gasteiger charge is 2.25. The van der Waals surface area contributed by atoms with Crippen LogP contribution in [0.5, 0.6) is 5.88 Å². The standard InChI is InChI=1S/C28H41FN6OP2/c1-8-19(4)27(32(6)18(2)3)22-15-25-33(12-9-13-34(25)30-22)17-20-10-11-23(21(29)14-20)35-26(36-7)16-24(31-35)28(5,37)38/h10-11,14-16,18H,8-9,12-13,17,37-38H2,1-7H3/b27-19-. The number of methoxy groups -OCH3 is 1. The quantitative estimate of drug-likeness (QED) is 0.300. The van der Waals surface area contributed by atoms with Gasteiger partial charge in [0, 0.05) is 49.8 Å². The van der Waals surface area contributed by atoms with Crippen LogP contribution in [0.4, 0.5) is 10.2 Å². The molecule has 0 bridgehead atoms. The summed E-state index contributed by atoms with van der Waals surface area (Å²) in [6.45, 7) is 13.2. The minimum atomic E-state index is -0.335. The fraction of sp³-hybridized carbons (Fsp3) is 0.500. The van der Waals surface area contributed by atoms with E-state index in [0.29, 0.717) is 24.2 Å². The summed E-state index contributed by atoms with van der Waals surface area (Å²) < 4.78 is 24.5. The van der Waals surface area contributed by atoms with Crippen molar-refractivity contribution in [2.24, 2.45) is 0 Å². The average Bonchev–Trinajstić information content (AvgIpc) is 3.49. The van der Waals surface area contributed by atoms with E-state index >= 15 is 4.39 Å². The maximum atomic E-state index is 15.4. The Morgan fingerprint density at radius 2 is 1.92 bits per heavy atom. The molecule has 0 radical (unpaired) electrons. The molecule has 206 valence electrons. The SMILES string of the molecule is CC/C(C)=C(/c1cc2n(n1)CCCN2Cc1ccc(-n2nc(C(C)(P)P)cc2OC)c(F)c1)N(C)C(C)C. The molecule has 38 heavy (non-hydrogen) atoms. The van der Waals surface area contributed by atoms with Gasteiger partial charge in [0.1, 0.15) is 23.0 Å². The molecule has 7 nitrogen and oxygen atoms in total. The minimum Gasteiger partial charge on any atom is -0.481 e. The molecule has 3 heterocycles. The molecule has 4 rings (SSSR count). The zero-order chi connectivity index (χ0) is 27.8. The van der Waals surface area contributed by atoms with Gasteiger partial charge in [-0.25, -0.2) is 9.07 Å². The van der Waals surface area contributed by atoms with Gasteiger partial charge in [0.05, 0.1) is 18.5 Å². The van der Waals surface area contributed by atoms with E-state index in [1.807, 2.05) is 19.1 Å². The Morgan fingerprint density at radius 1 is 1.18 bits per heavy atom. The highest BCUT2D eigenvalue weighted by molar-refractivity contribution is 7.38. The zero-order valence-electron chi connectivity index (χ0n) is 23.6. The Hall–Kier alpha value is -2.43. The molecule has 0 N–H and O–H groups in total. The fourth-order valence-electron chi connectivity index (χ4n) is 4.74. The molecular weight excluding hydrogens is 517 g/mol. The number of nitrogens with zero attached hydrogens (tertiary/aromatic N) is 6. The number of fused-ring (bicyclic) bond motifs is 1. The molecule has 2 aromatic heterocycles. The van der Waals surface area contributed by atoms with Gasteiger partial charge in [-0.05, 0) is 63.8 Å². The molecule has 0 spiro atoms. The molecule has 2 atom stereocenters. The second-order valence-corrected chi connectivity index (χ2v) is 13.7. The van der Waals surface area contributed by atoms with Crippen LogP contribution in [0.3, 0.4) is 0 Å². The van der Waals surface area contributed by atoms with Crippen LogP contribution in [0.2, 0.25) is 0 Å². The Kier molecular flexibility index (Phi) is 8.54. The smallest absolute Gasteiger partial charge is 0.216 e. The lowest BCUT2D eigenvalue weighted by molar-refractivity contribution is 0.381. The molecule has 0 saturated heterocycles. The molecule has 3 aromatic rings. The van der Waals surface area contributed by atoms with Gasteiger partial charge in [-0.2, -0.15) is 14.9 Å². The molecule has 0 saturated carbocycles. The summed E-state index contributed by atoms with van der Waals surface area (Å²) in [5, 5.41) is 9.61. The van der Waals surface area contributed by atoms with Gasteiger partial charge in [0.15, 0.2) is 0 Å². The van der Waals surface area contributed by atoms with E-state index in [0.717, 1.165) is 48.7 Å². The molecule has 1 aliphatic rings. The lowest BCUT2D eigenvalue weighted by Gasteiger charge is -2.29. The van der Waals surface area contributed by atoms with Crippen LogP contribution in [0.25, 0.3) is 11.4 Å². The van der Waals surface area contributed by atoms with Crippen LogP contribution in [0.15, 0.2) is 35.9 Å². The molecular formula is C28H41FN6OP2. The summed E-state index contributed by atoms with van der Waals surface area (Å²) in [6, 6.07) is 9.74. The molecule has 1 aromatic carbocycles. The maximum Gasteiger partial charge on any atom is 0.216 e. The Bertz CT molecular complexity index is 1320. The largest absolute Gasteiger partial charge is 0.481 e. The molecule has 1 aliphatic heterocycles. The summed E-state index contributed by atoms with van der Waals surface area (Å²) in [6.07, 6.45) is 1.97. The van der Waals surface area contributed by atoms with E-state index in [4.69, 9.17) is 9.84 Å². The molecule has 2 unspecified atom stereocenters. The third kappa shape index (κ3) is 5.77. The van der Waals surface area contributed by atoms with Gasteiger partial charge < -0.3 is 14.5 Å². The Balaban J connectivity index is 1.63. The third-order valence-electron chi connectivity index (χ3n) is 7.24. The van der Waals surface area contributed by atoms with Crippen molar-refractivity contribution < 1.29 is 9.13 Å². The van der Waals surface area contributed by atoms with E-state index < -0.39 is 0 Å². The fourth-order valence-corrected chi connectivity index (χ4v) is 5.02. The second-order valence-electron chi connectivity index (χ2n) is 10.6. The maximum absolute atomic E-state index is 15.4. The van der Waals surface area contributed by atoms with Crippen molar-refractivity contribution in [3.05, 3.63) is 58.7 Å². The van der Waals surface area contributed by atoms with Crippen molar-refractivity contribution in [1.82, 2.24) is 24.5 Å². The van der Waals surface area contributed by atoms with Crippen LogP contribution < -0.4 is 9.64 Å². The first-order valence-electron chi connectivity index (χ1n) is 13.2. The van der Waals surface area contributed by atoms with Crippen LogP contribution in [-0.2, 0) is 18.0 Å². The first kappa shape index (κ1) is 28.6. The van der Waals surface area contributed by atoms with Crippen molar-refractivity contribution in [3.8, 4) is 11.6 Å². The number of ether oxygens (including phenoxy) is 1. The highest BCUT2D eigenvalue weighted by Crippen LogP contribution is 2.39. The predicted octanol–water partition coefficient (Wildman–Crippen LogP) is 6.03. The number of benzene rings is 1.